The van der Waals surface area contributed by atoms with E-state index in [-0.39, 0.29) is 24.0 Å². The molecule has 140 valence electrons. The maximum Gasteiger partial charge on any atom is 0.278 e. The van der Waals surface area contributed by atoms with Gasteiger partial charge in [-0.3, -0.25) is 9.36 Å². The molecule has 0 amide bonds. The third-order valence-corrected chi connectivity index (χ3v) is 4.89. The van der Waals surface area contributed by atoms with Crippen molar-refractivity contribution in [2.75, 3.05) is 18.0 Å². The number of hydrogen-bond donors (Lipinski definition) is 1. The van der Waals surface area contributed by atoms with Gasteiger partial charge in [-0.1, -0.05) is 18.2 Å². The summed E-state index contributed by atoms with van der Waals surface area (Å²) >= 11 is 0. The third-order valence-electron chi connectivity index (χ3n) is 4.89. The van der Waals surface area contributed by atoms with Gasteiger partial charge in [0.05, 0.1) is 6.33 Å². The predicted octanol–water partition coefficient (Wildman–Crippen LogP) is 1.95. The summed E-state index contributed by atoms with van der Waals surface area (Å²) in [7, 11) is 1.67. The smallest absolute Gasteiger partial charge is 0.278 e. The Labute approximate surface area is 163 Å². The molecule has 4 rings (SSSR count). The van der Waals surface area contributed by atoms with Gasteiger partial charge in [0.2, 0.25) is 0 Å². The van der Waals surface area contributed by atoms with Crippen molar-refractivity contribution < 1.29 is 0 Å². The quantitative estimate of drug-likeness (QED) is 0.728. The number of benzene rings is 1. The molecular weight excluding hydrogens is 364 g/mol. The number of nitrogens with zero attached hydrogens (tertiary/aromatic N) is 5. The Morgan fingerprint density at radius 1 is 1.30 bits per heavy atom. The first kappa shape index (κ1) is 19.0. The van der Waals surface area contributed by atoms with E-state index in [1.54, 1.807) is 7.05 Å². The van der Waals surface area contributed by atoms with E-state index in [1.165, 1.54) is 10.9 Å². The van der Waals surface area contributed by atoms with Gasteiger partial charge in [0.15, 0.2) is 0 Å². The van der Waals surface area contributed by atoms with Crippen LogP contribution in [0.3, 0.4) is 0 Å². The minimum absolute atomic E-state index is 0. The Bertz CT molecular complexity index is 1070. The summed E-state index contributed by atoms with van der Waals surface area (Å²) < 4.78 is 3.30. The van der Waals surface area contributed by atoms with Crippen molar-refractivity contribution in [2.24, 2.45) is 12.8 Å². The van der Waals surface area contributed by atoms with Crippen LogP contribution in [0.4, 0.5) is 5.82 Å². The average Bonchev–Trinajstić information content (AvgIpc) is 3.00. The minimum atomic E-state index is -0.178. The Morgan fingerprint density at radius 3 is 2.70 bits per heavy atom. The van der Waals surface area contributed by atoms with Crippen molar-refractivity contribution in [1.82, 2.24) is 14.1 Å². The monoisotopic (exact) mass is 384 g/mol. The number of halogens is 1. The fourth-order valence-electron chi connectivity index (χ4n) is 3.67. The fourth-order valence-corrected chi connectivity index (χ4v) is 3.67. The lowest BCUT2D eigenvalue weighted by molar-refractivity contribution is 0.501. The largest absolute Gasteiger partial charge is 0.355 e. The zero-order valence-corrected chi connectivity index (χ0v) is 15.8. The summed E-state index contributed by atoms with van der Waals surface area (Å²) in [5.41, 5.74) is 8.12. The first-order valence-corrected chi connectivity index (χ1v) is 8.68. The molecular formula is C19H21ClN6O. The van der Waals surface area contributed by atoms with Crippen LogP contribution in [0.15, 0.2) is 41.5 Å². The minimum Gasteiger partial charge on any atom is -0.355 e. The second-order valence-corrected chi connectivity index (χ2v) is 6.69. The highest BCUT2D eigenvalue weighted by molar-refractivity contribution is 5.91. The number of anilines is 1. The van der Waals surface area contributed by atoms with Crippen molar-refractivity contribution in [2.45, 2.75) is 18.9 Å². The zero-order chi connectivity index (χ0) is 18.3. The number of rotatable bonds is 2. The molecule has 27 heavy (non-hydrogen) atoms. The van der Waals surface area contributed by atoms with Gasteiger partial charge in [-0.15, -0.1) is 12.4 Å². The van der Waals surface area contributed by atoms with Crippen LogP contribution in [0.25, 0.3) is 16.7 Å². The topological polar surface area (TPSA) is 92.9 Å². The molecule has 2 N–H and O–H groups in total. The SMILES string of the molecule is Cl.Cn1cnc2c(C#N)c(N3CCC[C@H](N)C3)n(-c3ccccc3)c2c1=O. The van der Waals surface area contributed by atoms with Gasteiger partial charge < -0.3 is 15.2 Å². The highest BCUT2D eigenvalue weighted by Gasteiger charge is 2.28. The molecule has 3 heterocycles. The Morgan fingerprint density at radius 2 is 2.04 bits per heavy atom. The number of nitrogens with two attached hydrogens (primary N) is 1. The van der Waals surface area contributed by atoms with E-state index in [4.69, 9.17) is 5.73 Å². The van der Waals surface area contributed by atoms with Crippen LogP contribution in [-0.4, -0.2) is 33.2 Å². The van der Waals surface area contributed by atoms with Gasteiger partial charge in [-0.2, -0.15) is 5.26 Å². The average molecular weight is 385 g/mol. The van der Waals surface area contributed by atoms with E-state index >= 15 is 0 Å². The van der Waals surface area contributed by atoms with Crippen molar-refractivity contribution in [1.29, 1.82) is 5.26 Å². The molecule has 0 radical (unpaired) electrons. The lowest BCUT2D eigenvalue weighted by Crippen LogP contribution is -2.43. The lowest BCUT2D eigenvalue weighted by atomic mass is 10.1. The molecule has 0 spiro atoms. The van der Waals surface area contributed by atoms with Crippen LogP contribution in [0.2, 0.25) is 0 Å². The van der Waals surface area contributed by atoms with Crippen molar-refractivity contribution in [3.05, 3.63) is 52.6 Å². The summed E-state index contributed by atoms with van der Waals surface area (Å²) in [6.07, 6.45) is 3.38. The Balaban J connectivity index is 0.00000210. The van der Waals surface area contributed by atoms with Gasteiger partial charge in [0, 0.05) is 31.9 Å². The van der Waals surface area contributed by atoms with Gasteiger partial charge in [-0.25, -0.2) is 4.98 Å². The molecule has 1 aliphatic rings. The number of piperidine rings is 1. The summed E-state index contributed by atoms with van der Waals surface area (Å²) in [4.78, 5) is 19.4. The standard InChI is InChI=1S/C19H20N6O.ClH/c1-23-12-22-16-15(10-20)18(24-9-5-6-13(21)11-24)25(17(16)19(23)26)14-7-3-2-4-8-14;/h2-4,7-8,12-13H,5-6,9,11,21H2,1H3;1H/t13-;/m0./s1. The highest BCUT2D eigenvalue weighted by Crippen LogP contribution is 2.34. The molecule has 3 aromatic rings. The molecule has 0 aliphatic carbocycles. The van der Waals surface area contributed by atoms with E-state index in [0.29, 0.717) is 29.0 Å². The maximum atomic E-state index is 12.9. The second kappa shape index (κ2) is 7.43. The van der Waals surface area contributed by atoms with Gasteiger partial charge in [0.25, 0.3) is 5.56 Å². The molecule has 0 unspecified atom stereocenters. The Hall–Kier alpha value is -2.82. The summed E-state index contributed by atoms with van der Waals surface area (Å²) in [6, 6.07) is 11.9. The molecule has 0 saturated carbocycles. The summed E-state index contributed by atoms with van der Waals surface area (Å²) in [5.74, 6) is 0.708. The molecule has 1 aromatic carbocycles. The predicted molar refractivity (Wildman–Crippen MR) is 108 cm³/mol. The number of aryl methyl sites for hydroxylation is 1. The van der Waals surface area contributed by atoms with Gasteiger partial charge in [-0.05, 0) is 25.0 Å². The zero-order valence-electron chi connectivity index (χ0n) is 15.0. The van der Waals surface area contributed by atoms with E-state index in [1.807, 2.05) is 34.9 Å². The van der Waals surface area contributed by atoms with Crippen molar-refractivity contribution in [3.8, 4) is 11.8 Å². The van der Waals surface area contributed by atoms with Gasteiger partial charge in [0.1, 0.15) is 28.5 Å². The van der Waals surface area contributed by atoms with E-state index in [0.717, 1.165) is 25.1 Å². The molecule has 0 bridgehead atoms. The lowest BCUT2D eigenvalue weighted by Gasteiger charge is -2.33. The molecule has 1 fully saturated rings. The third kappa shape index (κ3) is 3.07. The molecule has 1 saturated heterocycles. The second-order valence-electron chi connectivity index (χ2n) is 6.69. The molecule has 8 heteroatoms. The van der Waals surface area contributed by atoms with E-state index in [9.17, 15) is 10.1 Å². The number of hydrogen-bond acceptors (Lipinski definition) is 5. The first-order valence-electron chi connectivity index (χ1n) is 8.68. The van der Waals surface area contributed by atoms with Crippen LogP contribution in [0.5, 0.6) is 0 Å². The molecule has 7 nitrogen and oxygen atoms in total. The van der Waals surface area contributed by atoms with Crippen molar-refractivity contribution >= 4 is 29.3 Å². The first-order chi connectivity index (χ1) is 12.6. The number of fused-ring (bicyclic) bond motifs is 1. The number of aromatic nitrogens is 3. The normalized spacial score (nSPS) is 16.8. The molecule has 2 aromatic heterocycles. The molecule has 1 atom stereocenters. The molecule has 1 aliphatic heterocycles. The highest BCUT2D eigenvalue weighted by atomic mass is 35.5. The number of nitriles is 1. The van der Waals surface area contributed by atoms with E-state index in [2.05, 4.69) is 16.0 Å². The van der Waals surface area contributed by atoms with Crippen LogP contribution >= 0.6 is 12.4 Å². The Kier molecular flexibility index (Phi) is 5.22. The van der Waals surface area contributed by atoms with E-state index < -0.39 is 0 Å². The van der Waals surface area contributed by atoms with Gasteiger partial charge >= 0.3 is 0 Å². The fraction of sp³-hybridized carbons (Fsp3) is 0.316. The van der Waals surface area contributed by atoms with Crippen molar-refractivity contribution in [3.63, 3.8) is 0 Å². The maximum absolute atomic E-state index is 12.9. The number of para-hydroxylation sites is 1. The van der Waals surface area contributed by atoms with Crippen LogP contribution < -0.4 is 16.2 Å². The summed E-state index contributed by atoms with van der Waals surface area (Å²) in [6.45, 7) is 1.45. The van der Waals surface area contributed by atoms with Crippen LogP contribution in [0, 0.1) is 11.3 Å². The summed E-state index contributed by atoms with van der Waals surface area (Å²) in [5, 5.41) is 9.86. The van der Waals surface area contributed by atoms with Crippen LogP contribution in [0.1, 0.15) is 18.4 Å². The van der Waals surface area contributed by atoms with Crippen LogP contribution in [-0.2, 0) is 7.05 Å².